The molecule has 1 N–H and O–H groups in total. The molecule has 0 unspecified atom stereocenters. The summed E-state index contributed by atoms with van der Waals surface area (Å²) in [5.41, 5.74) is 1.48. The number of alkyl halides is 3. The van der Waals surface area contributed by atoms with E-state index in [2.05, 4.69) is 4.74 Å². The van der Waals surface area contributed by atoms with E-state index in [1.807, 2.05) is 54.6 Å². The van der Waals surface area contributed by atoms with Crippen LogP contribution in [0.5, 0.6) is 5.75 Å². The number of hydrogen-bond acceptors (Lipinski definition) is 6. The predicted octanol–water partition coefficient (Wildman–Crippen LogP) is 7.58. The third kappa shape index (κ3) is 17.4. The Kier molecular flexibility index (Phi) is 16.2. The number of aliphatic carboxylic acids is 1. The van der Waals surface area contributed by atoms with E-state index in [1.54, 1.807) is 27.9 Å². The Morgan fingerprint density at radius 1 is 0.756 bits per heavy atom. The average molecular weight is 634 g/mol. The van der Waals surface area contributed by atoms with Crippen LogP contribution >= 0.6 is 0 Å². The Balaban J connectivity index is 0.000000354. The van der Waals surface area contributed by atoms with E-state index in [9.17, 15) is 27.6 Å². The Morgan fingerprint density at radius 3 is 1.73 bits per heavy atom. The Bertz CT molecular complexity index is 1300. The van der Waals surface area contributed by atoms with Gasteiger partial charge in [-0.05, 0) is 74.6 Å². The molecule has 11 heteroatoms. The molecule has 246 valence electrons. The smallest absolute Gasteiger partial charge is 0.416 e. The standard InChI is InChI=1S/C14H18F3NO2.C11H14O3.C9H10O2/c1-13(2,3)20-12(19)18(4)9-10-5-7-11(8-6-10)14(15,16)17;1-13-10-6-3-9(4-7-10)5-8-11(12)14-2;10-9(11)7-6-8-4-2-1-3-5-8/h5-8H,9H2,1-4H3;3-4,6-7H,5,8H2,1-2H3;1-5H,6-7H2,(H,10,11). The van der Waals surface area contributed by atoms with Gasteiger partial charge in [-0.25, -0.2) is 4.79 Å². The number of amides is 1. The molecule has 0 saturated carbocycles. The van der Waals surface area contributed by atoms with E-state index in [1.165, 1.54) is 31.2 Å². The molecule has 0 aromatic heterocycles. The number of rotatable bonds is 9. The summed E-state index contributed by atoms with van der Waals surface area (Å²) in [5, 5.41) is 8.37. The van der Waals surface area contributed by atoms with Crippen molar-refractivity contribution < 1.29 is 46.9 Å². The van der Waals surface area contributed by atoms with Crippen molar-refractivity contribution in [2.45, 2.75) is 64.8 Å². The summed E-state index contributed by atoms with van der Waals surface area (Å²) in [5.74, 6) is -0.0958. The van der Waals surface area contributed by atoms with Crippen LogP contribution in [0.4, 0.5) is 18.0 Å². The summed E-state index contributed by atoms with van der Waals surface area (Å²) < 4.78 is 52.0. The van der Waals surface area contributed by atoms with E-state index in [4.69, 9.17) is 14.6 Å². The monoisotopic (exact) mass is 633 g/mol. The lowest BCUT2D eigenvalue weighted by Crippen LogP contribution is -2.33. The minimum absolute atomic E-state index is 0.180. The van der Waals surface area contributed by atoms with Crippen LogP contribution in [0.25, 0.3) is 0 Å². The van der Waals surface area contributed by atoms with Crippen LogP contribution in [0.2, 0.25) is 0 Å². The third-order valence-electron chi connectivity index (χ3n) is 5.88. The molecule has 3 rings (SSSR count). The molecule has 0 fully saturated rings. The van der Waals surface area contributed by atoms with Gasteiger partial charge in [0.2, 0.25) is 0 Å². The van der Waals surface area contributed by atoms with Gasteiger partial charge in [0.05, 0.1) is 19.8 Å². The first-order valence-electron chi connectivity index (χ1n) is 14.1. The number of carbonyl (C=O) groups excluding carboxylic acids is 2. The highest BCUT2D eigenvalue weighted by molar-refractivity contribution is 5.69. The summed E-state index contributed by atoms with van der Waals surface area (Å²) in [7, 11) is 4.56. The number of carboxylic acid groups (broad SMARTS) is 1. The van der Waals surface area contributed by atoms with Gasteiger partial charge in [0.15, 0.2) is 0 Å². The molecule has 0 bridgehead atoms. The molecule has 0 aliphatic carbocycles. The van der Waals surface area contributed by atoms with Crippen molar-refractivity contribution in [1.82, 2.24) is 4.90 Å². The molecule has 3 aromatic carbocycles. The van der Waals surface area contributed by atoms with Crippen molar-refractivity contribution in [2.24, 2.45) is 0 Å². The number of hydrogen-bond donors (Lipinski definition) is 1. The first kappa shape index (κ1) is 38.5. The van der Waals surface area contributed by atoms with E-state index >= 15 is 0 Å². The number of ether oxygens (including phenoxy) is 3. The predicted molar refractivity (Wildman–Crippen MR) is 165 cm³/mol. The van der Waals surface area contributed by atoms with Gasteiger partial charge in [-0.1, -0.05) is 54.6 Å². The van der Waals surface area contributed by atoms with Crippen LogP contribution in [-0.4, -0.2) is 54.9 Å². The summed E-state index contributed by atoms with van der Waals surface area (Å²) >= 11 is 0. The van der Waals surface area contributed by atoms with Gasteiger partial charge in [-0.3, -0.25) is 9.59 Å². The molecule has 0 aliphatic heterocycles. The zero-order chi connectivity index (χ0) is 34.0. The molecule has 3 aromatic rings. The van der Waals surface area contributed by atoms with Crippen molar-refractivity contribution in [1.29, 1.82) is 0 Å². The quantitative estimate of drug-likeness (QED) is 0.243. The van der Waals surface area contributed by atoms with Crippen LogP contribution in [0.1, 0.15) is 55.9 Å². The van der Waals surface area contributed by atoms with E-state index in [0.717, 1.165) is 29.0 Å². The summed E-state index contributed by atoms with van der Waals surface area (Å²) in [6, 6.07) is 22.0. The largest absolute Gasteiger partial charge is 0.497 e. The summed E-state index contributed by atoms with van der Waals surface area (Å²) in [6.45, 7) is 5.43. The van der Waals surface area contributed by atoms with Crippen molar-refractivity contribution in [3.63, 3.8) is 0 Å². The first-order chi connectivity index (χ1) is 21.0. The lowest BCUT2D eigenvalue weighted by molar-refractivity contribution is -0.140. The Hall–Kier alpha value is -4.54. The van der Waals surface area contributed by atoms with Crippen molar-refractivity contribution in [3.05, 3.63) is 101 Å². The molecule has 0 spiro atoms. The van der Waals surface area contributed by atoms with Crippen LogP contribution in [0.3, 0.4) is 0 Å². The van der Waals surface area contributed by atoms with Crippen molar-refractivity contribution >= 4 is 18.0 Å². The van der Waals surface area contributed by atoms with Gasteiger partial charge in [-0.2, -0.15) is 13.2 Å². The lowest BCUT2D eigenvalue weighted by Gasteiger charge is -2.24. The molecule has 0 atom stereocenters. The maximum Gasteiger partial charge on any atom is 0.416 e. The number of nitrogens with zero attached hydrogens (tertiary/aromatic N) is 1. The Labute approximate surface area is 262 Å². The molecule has 0 aliphatic rings. The zero-order valence-corrected chi connectivity index (χ0v) is 26.5. The molecular formula is C34H42F3NO7. The normalized spacial score (nSPS) is 10.7. The number of aryl methyl sites for hydroxylation is 2. The van der Waals surface area contributed by atoms with Gasteiger partial charge in [0, 0.05) is 26.4 Å². The molecule has 8 nitrogen and oxygen atoms in total. The molecule has 0 saturated heterocycles. The van der Waals surface area contributed by atoms with Gasteiger partial charge in [-0.15, -0.1) is 0 Å². The second-order valence-electron chi connectivity index (χ2n) is 10.8. The molecule has 0 heterocycles. The fourth-order valence-corrected chi connectivity index (χ4v) is 3.51. The van der Waals surface area contributed by atoms with Crippen LogP contribution < -0.4 is 4.74 Å². The van der Waals surface area contributed by atoms with E-state index in [0.29, 0.717) is 24.8 Å². The number of methoxy groups -OCH3 is 2. The van der Waals surface area contributed by atoms with Gasteiger partial charge >= 0.3 is 24.2 Å². The minimum atomic E-state index is -4.35. The molecule has 1 amide bonds. The highest BCUT2D eigenvalue weighted by Gasteiger charge is 2.30. The molecule has 0 radical (unpaired) electrons. The second kappa shape index (κ2) is 19.0. The third-order valence-corrected chi connectivity index (χ3v) is 5.88. The van der Waals surface area contributed by atoms with E-state index < -0.39 is 29.4 Å². The highest BCUT2D eigenvalue weighted by atomic mass is 19.4. The fourth-order valence-electron chi connectivity index (χ4n) is 3.51. The maximum atomic E-state index is 12.4. The average Bonchev–Trinajstić information content (AvgIpc) is 2.99. The highest BCUT2D eigenvalue weighted by Crippen LogP contribution is 2.29. The molecule has 45 heavy (non-hydrogen) atoms. The molecular weight excluding hydrogens is 591 g/mol. The SMILES string of the molecule is CN(Cc1ccc(C(F)(F)F)cc1)C(=O)OC(C)(C)C.COC(=O)CCc1ccc(OC)cc1.O=C(O)CCc1ccccc1. The van der Waals surface area contributed by atoms with Gasteiger partial charge in [0.25, 0.3) is 0 Å². The number of halogens is 3. The summed E-state index contributed by atoms with van der Waals surface area (Å²) in [4.78, 5) is 34.1. The number of esters is 1. The lowest BCUT2D eigenvalue weighted by atomic mass is 10.1. The van der Waals surface area contributed by atoms with Crippen LogP contribution in [-0.2, 0) is 44.6 Å². The zero-order valence-electron chi connectivity index (χ0n) is 26.5. The van der Waals surface area contributed by atoms with Crippen LogP contribution in [0.15, 0.2) is 78.9 Å². The number of carboxylic acids is 1. The van der Waals surface area contributed by atoms with Gasteiger partial charge in [0.1, 0.15) is 11.4 Å². The fraction of sp³-hybridized carbons (Fsp3) is 0.382. The number of carbonyl (C=O) groups is 3. The van der Waals surface area contributed by atoms with Gasteiger partial charge < -0.3 is 24.2 Å². The Morgan fingerprint density at radius 2 is 1.27 bits per heavy atom. The topological polar surface area (TPSA) is 102 Å². The van der Waals surface area contributed by atoms with Crippen molar-refractivity contribution in [3.8, 4) is 5.75 Å². The van der Waals surface area contributed by atoms with Crippen molar-refractivity contribution in [2.75, 3.05) is 21.3 Å². The first-order valence-corrected chi connectivity index (χ1v) is 14.1. The second-order valence-corrected chi connectivity index (χ2v) is 10.8. The number of benzene rings is 3. The summed E-state index contributed by atoms with van der Waals surface area (Å²) in [6.07, 6.45) is -2.91. The minimum Gasteiger partial charge on any atom is -0.497 e. The maximum absolute atomic E-state index is 12.4. The van der Waals surface area contributed by atoms with Crippen LogP contribution in [0, 0.1) is 0 Å². The van der Waals surface area contributed by atoms with E-state index in [-0.39, 0.29) is 18.9 Å².